The van der Waals surface area contributed by atoms with Gasteiger partial charge in [-0.05, 0) is 88.7 Å². The van der Waals surface area contributed by atoms with Gasteiger partial charge in [0.15, 0.2) is 11.6 Å². The lowest BCUT2D eigenvalue weighted by Crippen LogP contribution is -2.67. The Labute approximate surface area is 242 Å². The van der Waals surface area contributed by atoms with Crippen LogP contribution in [0.1, 0.15) is 81.1 Å². The second-order valence-corrected chi connectivity index (χ2v) is 14.7. The Hall–Kier alpha value is -2.20. The molecule has 0 aromatic rings. The van der Waals surface area contributed by atoms with Crippen LogP contribution < -0.4 is 0 Å². The van der Waals surface area contributed by atoms with Crippen LogP contribution in [0.4, 0.5) is 0 Å². The number of fused-ring (bicyclic) bond motifs is 5. The molecule has 41 heavy (non-hydrogen) atoms. The van der Waals surface area contributed by atoms with Gasteiger partial charge in [0.05, 0.1) is 18.1 Å². The molecule has 1 unspecified atom stereocenters. The zero-order valence-electron chi connectivity index (χ0n) is 25.5. The van der Waals surface area contributed by atoms with E-state index in [0.29, 0.717) is 6.42 Å². The Morgan fingerprint density at radius 2 is 1.71 bits per heavy atom. The van der Waals surface area contributed by atoms with E-state index in [1.54, 1.807) is 27.7 Å². The Bertz CT molecular complexity index is 1230. The number of aliphatic hydroxyl groups excluding tert-OH is 3. The van der Waals surface area contributed by atoms with Crippen LogP contribution in [0.3, 0.4) is 0 Å². The van der Waals surface area contributed by atoms with E-state index in [1.807, 2.05) is 19.9 Å². The molecule has 0 heterocycles. The molecule has 3 saturated carbocycles. The Morgan fingerprint density at radius 1 is 1.10 bits per heavy atom. The summed E-state index contributed by atoms with van der Waals surface area (Å²) in [5.74, 6) is -3.76. The van der Waals surface area contributed by atoms with E-state index in [9.17, 15) is 39.6 Å². The number of ether oxygens (including phenoxy) is 1. The SMILES string of the molecule is CC(=O)OC(C)(C)/C=C/C(=O)C(C)(O)[C@H]1[C@H](O)C[C@@]2(C)[C@@H]3CC=C4[C@@H](C[C@H](O)C(=O)C4(C)C)[C@]3(CO)C(=O)C[C@]12C. The van der Waals surface area contributed by atoms with Crippen molar-refractivity contribution in [1.82, 2.24) is 0 Å². The normalized spacial score (nSPS) is 41.7. The number of hydrogen-bond donors (Lipinski definition) is 4. The van der Waals surface area contributed by atoms with Crippen LogP contribution in [-0.2, 0) is 23.9 Å². The van der Waals surface area contributed by atoms with Gasteiger partial charge in [0.2, 0.25) is 0 Å². The van der Waals surface area contributed by atoms with Gasteiger partial charge in [0.25, 0.3) is 0 Å². The van der Waals surface area contributed by atoms with E-state index in [1.165, 1.54) is 19.9 Å². The van der Waals surface area contributed by atoms with Gasteiger partial charge in [-0.3, -0.25) is 19.2 Å². The first-order valence-electron chi connectivity index (χ1n) is 14.5. The third-order valence-electron chi connectivity index (χ3n) is 11.5. The average molecular weight is 575 g/mol. The highest BCUT2D eigenvalue weighted by Crippen LogP contribution is 2.74. The molecular weight excluding hydrogens is 528 g/mol. The maximum atomic E-state index is 14.4. The van der Waals surface area contributed by atoms with Gasteiger partial charge in [0.1, 0.15) is 23.1 Å². The minimum Gasteiger partial charge on any atom is -0.456 e. The van der Waals surface area contributed by atoms with Gasteiger partial charge >= 0.3 is 5.97 Å². The molecule has 9 atom stereocenters. The lowest BCUT2D eigenvalue weighted by molar-refractivity contribution is -0.192. The van der Waals surface area contributed by atoms with E-state index < -0.39 is 81.2 Å². The molecular formula is C32H46O9. The summed E-state index contributed by atoms with van der Waals surface area (Å²) >= 11 is 0. The summed E-state index contributed by atoms with van der Waals surface area (Å²) < 4.78 is 5.22. The van der Waals surface area contributed by atoms with Crippen LogP contribution in [0.5, 0.6) is 0 Å². The molecule has 0 spiro atoms. The summed E-state index contributed by atoms with van der Waals surface area (Å²) in [6.45, 7) is 12.6. The Morgan fingerprint density at radius 3 is 2.27 bits per heavy atom. The van der Waals surface area contributed by atoms with Crippen molar-refractivity contribution in [1.29, 1.82) is 0 Å². The zero-order chi connectivity index (χ0) is 31.1. The number of carbonyl (C=O) groups excluding carboxylic acids is 4. The highest BCUT2D eigenvalue weighted by atomic mass is 16.6. The van der Waals surface area contributed by atoms with Crippen LogP contribution in [0.2, 0.25) is 0 Å². The van der Waals surface area contributed by atoms with Crippen molar-refractivity contribution in [2.45, 2.75) is 104 Å². The Balaban J connectivity index is 1.78. The van der Waals surface area contributed by atoms with Gasteiger partial charge in [-0.25, -0.2) is 0 Å². The zero-order valence-corrected chi connectivity index (χ0v) is 25.5. The summed E-state index contributed by atoms with van der Waals surface area (Å²) in [7, 11) is 0. The van der Waals surface area contributed by atoms with Gasteiger partial charge in [-0.2, -0.15) is 0 Å². The lowest BCUT2D eigenvalue weighted by Gasteiger charge is -2.64. The van der Waals surface area contributed by atoms with Crippen molar-refractivity contribution in [2.24, 2.45) is 39.4 Å². The predicted octanol–water partition coefficient (Wildman–Crippen LogP) is 2.47. The molecule has 9 heteroatoms. The smallest absolute Gasteiger partial charge is 0.303 e. The third-order valence-corrected chi connectivity index (χ3v) is 11.5. The number of rotatable bonds is 6. The first-order chi connectivity index (χ1) is 18.6. The fourth-order valence-corrected chi connectivity index (χ4v) is 9.47. The van der Waals surface area contributed by atoms with Crippen molar-refractivity contribution in [3.63, 3.8) is 0 Å². The summed E-state index contributed by atoms with van der Waals surface area (Å²) in [5, 5.41) is 45.0. The number of carbonyl (C=O) groups is 4. The van der Waals surface area contributed by atoms with E-state index in [-0.39, 0.29) is 30.8 Å². The van der Waals surface area contributed by atoms with Crippen molar-refractivity contribution in [2.75, 3.05) is 6.61 Å². The van der Waals surface area contributed by atoms with E-state index in [0.717, 1.165) is 11.6 Å². The molecule has 3 fully saturated rings. The second-order valence-electron chi connectivity index (χ2n) is 14.7. The minimum atomic E-state index is -2.06. The molecule has 0 aliphatic heterocycles. The molecule has 9 nitrogen and oxygen atoms in total. The fraction of sp³-hybridized carbons (Fsp3) is 0.750. The second kappa shape index (κ2) is 9.66. The maximum absolute atomic E-state index is 14.4. The maximum Gasteiger partial charge on any atom is 0.303 e. The van der Waals surface area contributed by atoms with Gasteiger partial charge in [0, 0.05) is 24.7 Å². The first-order valence-corrected chi connectivity index (χ1v) is 14.5. The van der Waals surface area contributed by atoms with E-state index >= 15 is 0 Å². The van der Waals surface area contributed by atoms with Crippen molar-refractivity contribution in [3.8, 4) is 0 Å². The fourth-order valence-electron chi connectivity index (χ4n) is 9.47. The minimum absolute atomic E-state index is 0.0365. The molecule has 4 aliphatic carbocycles. The molecule has 4 rings (SSSR count). The predicted molar refractivity (Wildman–Crippen MR) is 149 cm³/mol. The van der Waals surface area contributed by atoms with Crippen LogP contribution in [0.15, 0.2) is 23.8 Å². The van der Waals surface area contributed by atoms with Gasteiger partial charge < -0.3 is 25.2 Å². The molecule has 0 bridgehead atoms. The van der Waals surface area contributed by atoms with Crippen molar-refractivity contribution in [3.05, 3.63) is 23.8 Å². The quantitative estimate of drug-likeness (QED) is 0.212. The van der Waals surface area contributed by atoms with E-state index in [2.05, 4.69) is 0 Å². The summed E-state index contributed by atoms with van der Waals surface area (Å²) in [6, 6.07) is 0. The van der Waals surface area contributed by atoms with E-state index in [4.69, 9.17) is 4.74 Å². The van der Waals surface area contributed by atoms with Crippen molar-refractivity contribution < 1.29 is 44.3 Å². The standard InChI is InChI=1S/C32H46O9/c1-17(34)41-27(2,3)12-11-23(37)31(8,40)25-21(36)14-29(6)22-10-9-18-19(13-20(35)26(39)28(18,4)5)32(22,16-33)24(38)15-30(25,29)7/h9,11-12,19-22,25,33,35-36,40H,10,13-16H2,1-8H3/b12-11+/t19-,20+,21-,22+,25+,29+,30-,31?,32+/m1/s1. The average Bonchev–Trinajstić information content (AvgIpc) is 3.05. The number of esters is 1. The molecule has 4 aliphatic rings. The van der Waals surface area contributed by atoms with Crippen LogP contribution in [0, 0.1) is 39.4 Å². The molecule has 4 N–H and O–H groups in total. The molecule has 0 aromatic heterocycles. The number of hydrogen-bond acceptors (Lipinski definition) is 9. The third kappa shape index (κ3) is 4.33. The van der Waals surface area contributed by atoms with Crippen LogP contribution >= 0.6 is 0 Å². The number of allylic oxidation sites excluding steroid dienone is 2. The van der Waals surface area contributed by atoms with Crippen molar-refractivity contribution >= 4 is 23.3 Å². The number of aliphatic hydroxyl groups is 4. The molecule has 0 radical (unpaired) electrons. The summed E-state index contributed by atoms with van der Waals surface area (Å²) in [6.07, 6.45) is 2.66. The highest BCUT2D eigenvalue weighted by Gasteiger charge is 2.75. The number of ketones is 3. The van der Waals surface area contributed by atoms with Crippen LogP contribution in [-0.4, -0.2) is 73.8 Å². The van der Waals surface area contributed by atoms with Gasteiger partial charge in [-0.1, -0.05) is 25.5 Å². The largest absolute Gasteiger partial charge is 0.456 e. The Kier molecular flexibility index (Phi) is 7.47. The van der Waals surface area contributed by atoms with Gasteiger partial charge in [-0.15, -0.1) is 0 Å². The number of Topliss-reactive ketones (excluding diaryl/α,β-unsaturated/α-hetero) is 2. The van der Waals surface area contributed by atoms with Crippen LogP contribution in [0.25, 0.3) is 0 Å². The summed E-state index contributed by atoms with van der Waals surface area (Å²) in [5.41, 5.74) is -6.45. The molecule has 0 aromatic carbocycles. The topological polar surface area (TPSA) is 158 Å². The molecule has 228 valence electrons. The molecule has 0 amide bonds. The monoisotopic (exact) mass is 574 g/mol. The highest BCUT2D eigenvalue weighted by molar-refractivity contribution is 5.98. The first kappa shape index (κ1) is 31.7. The lowest BCUT2D eigenvalue weighted by atomic mass is 9.38. The molecule has 0 saturated heterocycles. The summed E-state index contributed by atoms with van der Waals surface area (Å²) in [4.78, 5) is 52.2.